The number of hydrazine groups is 1. The fourth-order valence-corrected chi connectivity index (χ4v) is 1.53. The minimum Gasteiger partial charge on any atom is -0.271 e. The van der Waals surface area contributed by atoms with Crippen LogP contribution in [-0.2, 0) is 0 Å². The fourth-order valence-electron chi connectivity index (χ4n) is 1.53. The van der Waals surface area contributed by atoms with Crippen LogP contribution in [0.1, 0.15) is 59.3 Å². The average molecular weight is 186 g/mol. The van der Waals surface area contributed by atoms with Gasteiger partial charge in [0.25, 0.3) is 0 Å². The summed E-state index contributed by atoms with van der Waals surface area (Å²) in [6.45, 7) is 6.77. The van der Waals surface area contributed by atoms with Gasteiger partial charge in [-0.3, -0.25) is 11.3 Å². The van der Waals surface area contributed by atoms with Crippen molar-refractivity contribution in [2.45, 2.75) is 65.3 Å². The van der Waals surface area contributed by atoms with Crippen LogP contribution in [0.15, 0.2) is 0 Å². The van der Waals surface area contributed by atoms with Crippen molar-refractivity contribution in [1.82, 2.24) is 5.43 Å². The summed E-state index contributed by atoms with van der Waals surface area (Å²) in [6.07, 6.45) is 7.64. The van der Waals surface area contributed by atoms with Crippen LogP contribution >= 0.6 is 0 Å². The van der Waals surface area contributed by atoms with Gasteiger partial charge in [-0.2, -0.15) is 0 Å². The van der Waals surface area contributed by atoms with Gasteiger partial charge in [-0.25, -0.2) is 0 Å². The monoisotopic (exact) mass is 186 g/mol. The van der Waals surface area contributed by atoms with Crippen molar-refractivity contribution in [3.05, 3.63) is 0 Å². The molecular weight excluding hydrogens is 160 g/mol. The molecule has 0 amide bonds. The Kier molecular flexibility index (Phi) is 8.46. The fraction of sp³-hybridized carbons (Fsp3) is 1.00. The van der Waals surface area contributed by atoms with E-state index in [-0.39, 0.29) is 0 Å². The number of nitrogens with two attached hydrogens (primary N) is 1. The van der Waals surface area contributed by atoms with Crippen molar-refractivity contribution >= 4 is 0 Å². The summed E-state index contributed by atoms with van der Waals surface area (Å²) in [7, 11) is 0. The molecule has 2 nitrogen and oxygen atoms in total. The first-order valence-electron chi connectivity index (χ1n) is 5.66. The molecule has 0 aromatic rings. The quantitative estimate of drug-likeness (QED) is 0.452. The third-order valence-electron chi connectivity index (χ3n) is 2.48. The molecule has 80 valence electrons. The number of hydrogen-bond acceptors (Lipinski definition) is 2. The van der Waals surface area contributed by atoms with Gasteiger partial charge in [-0.15, -0.1) is 0 Å². The first-order valence-corrected chi connectivity index (χ1v) is 5.66. The summed E-state index contributed by atoms with van der Waals surface area (Å²) in [5.41, 5.74) is 2.91. The highest BCUT2D eigenvalue weighted by molar-refractivity contribution is 4.63. The molecule has 0 aromatic heterocycles. The lowest BCUT2D eigenvalue weighted by molar-refractivity contribution is 0.414. The summed E-state index contributed by atoms with van der Waals surface area (Å²) in [6, 6.07) is 0.540. The van der Waals surface area contributed by atoms with Gasteiger partial charge < -0.3 is 0 Å². The van der Waals surface area contributed by atoms with E-state index < -0.39 is 0 Å². The standard InChI is InChI=1S/C11H26N2/c1-4-5-8-11(13-12)9-6-7-10(2)3/h10-11,13H,4-9,12H2,1-3H3. The first-order chi connectivity index (χ1) is 6.20. The molecule has 0 aromatic carbocycles. The zero-order chi connectivity index (χ0) is 10.1. The second kappa shape index (κ2) is 8.52. The Morgan fingerprint density at radius 1 is 1.08 bits per heavy atom. The number of rotatable bonds is 8. The molecule has 1 atom stereocenters. The van der Waals surface area contributed by atoms with E-state index in [1.54, 1.807) is 0 Å². The zero-order valence-electron chi connectivity index (χ0n) is 9.47. The molecule has 0 aliphatic carbocycles. The Balaban J connectivity index is 3.36. The predicted molar refractivity (Wildman–Crippen MR) is 59.3 cm³/mol. The van der Waals surface area contributed by atoms with Gasteiger partial charge in [0, 0.05) is 6.04 Å². The van der Waals surface area contributed by atoms with E-state index in [0.29, 0.717) is 6.04 Å². The zero-order valence-corrected chi connectivity index (χ0v) is 9.47. The minimum atomic E-state index is 0.540. The van der Waals surface area contributed by atoms with Crippen molar-refractivity contribution in [3.63, 3.8) is 0 Å². The van der Waals surface area contributed by atoms with E-state index in [1.165, 1.54) is 38.5 Å². The van der Waals surface area contributed by atoms with E-state index in [0.717, 1.165) is 5.92 Å². The molecule has 0 bridgehead atoms. The van der Waals surface area contributed by atoms with Gasteiger partial charge in [-0.1, -0.05) is 46.5 Å². The van der Waals surface area contributed by atoms with Crippen LogP contribution in [0.5, 0.6) is 0 Å². The van der Waals surface area contributed by atoms with Crippen LogP contribution in [-0.4, -0.2) is 6.04 Å². The Morgan fingerprint density at radius 3 is 2.15 bits per heavy atom. The van der Waals surface area contributed by atoms with E-state index in [2.05, 4.69) is 26.2 Å². The summed E-state index contributed by atoms with van der Waals surface area (Å²) >= 11 is 0. The first kappa shape index (κ1) is 12.9. The van der Waals surface area contributed by atoms with E-state index in [1.807, 2.05) is 0 Å². The van der Waals surface area contributed by atoms with Crippen molar-refractivity contribution in [1.29, 1.82) is 0 Å². The highest BCUT2D eigenvalue weighted by atomic mass is 15.2. The third-order valence-corrected chi connectivity index (χ3v) is 2.48. The Labute approximate surface area is 83.2 Å². The normalized spacial score (nSPS) is 13.6. The molecule has 0 aliphatic heterocycles. The smallest absolute Gasteiger partial charge is 0.0210 e. The number of nitrogens with one attached hydrogen (secondary N) is 1. The topological polar surface area (TPSA) is 38.0 Å². The second-order valence-corrected chi connectivity index (χ2v) is 4.33. The van der Waals surface area contributed by atoms with Crippen molar-refractivity contribution < 1.29 is 0 Å². The van der Waals surface area contributed by atoms with E-state index >= 15 is 0 Å². The maximum atomic E-state index is 5.48. The SMILES string of the molecule is CCCCC(CCCC(C)C)NN. The van der Waals surface area contributed by atoms with Gasteiger partial charge in [0.15, 0.2) is 0 Å². The molecule has 0 saturated carbocycles. The van der Waals surface area contributed by atoms with Gasteiger partial charge in [0.05, 0.1) is 0 Å². The van der Waals surface area contributed by atoms with Crippen LogP contribution < -0.4 is 11.3 Å². The molecule has 0 saturated heterocycles. The summed E-state index contributed by atoms with van der Waals surface area (Å²) in [4.78, 5) is 0. The van der Waals surface area contributed by atoms with Gasteiger partial charge >= 0.3 is 0 Å². The molecule has 0 rings (SSSR count). The van der Waals surface area contributed by atoms with Gasteiger partial charge in [-0.05, 0) is 18.8 Å². The van der Waals surface area contributed by atoms with Crippen molar-refractivity contribution in [3.8, 4) is 0 Å². The molecule has 0 spiro atoms. The molecule has 0 fully saturated rings. The molecule has 0 radical (unpaired) electrons. The maximum absolute atomic E-state index is 5.48. The molecule has 1 unspecified atom stereocenters. The lowest BCUT2D eigenvalue weighted by Gasteiger charge is -2.15. The summed E-state index contributed by atoms with van der Waals surface area (Å²) in [5.74, 6) is 6.30. The Bertz CT molecular complexity index is 102. The van der Waals surface area contributed by atoms with Crippen LogP contribution in [0.4, 0.5) is 0 Å². The van der Waals surface area contributed by atoms with Crippen molar-refractivity contribution in [2.24, 2.45) is 11.8 Å². The largest absolute Gasteiger partial charge is 0.271 e. The molecule has 13 heavy (non-hydrogen) atoms. The minimum absolute atomic E-state index is 0.540. The van der Waals surface area contributed by atoms with Crippen LogP contribution in [0.2, 0.25) is 0 Å². The molecule has 3 N–H and O–H groups in total. The molecule has 0 heterocycles. The lowest BCUT2D eigenvalue weighted by Crippen LogP contribution is -2.35. The second-order valence-electron chi connectivity index (χ2n) is 4.33. The number of hydrogen-bond donors (Lipinski definition) is 2. The Hall–Kier alpha value is -0.0800. The highest BCUT2D eigenvalue weighted by Crippen LogP contribution is 2.11. The predicted octanol–water partition coefficient (Wildman–Crippen LogP) is 2.83. The van der Waals surface area contributed by atoms with Gasteiger partial charge in [0.2, 0.25) is 0 Å². The Morgan fingerprint density at radius 2 is 1.69 bits per heavy atom. The van der Waals surface area contributed by atoms with Crippen LogP contribution in [0, 0.1) is 5.92 Å². The molecular formula is C11H26N2. The number of unbranched alkanes of at least 4 members (excludes halogenated alkanes) is 1. The highest BCUT2D eigenvalue weighted by Gasteiger charge is 2.05. The van der Waals surface area contributed by atoms with Gasteiger partial charge in [0.1, 0.15) is 0 Å². The third kappa shape index (κ3) is 8.26. The average Bonchev–Trinajstić information content (AvgIpc) is 2.10. The maximum Gasteiger partial charge on any atom is 0.0210 e. The summed E-state index contributed by atoms with van der Waals surface area (Å²) in [5, 5.41) is 0. The molecule has 2 heteroatoms. The van der Waals surface area contributed by atoms with Crippen molar-refractivity contribution in [2.75, 3.05) is 0 Å². The van der Waals surface area contributed by atoms with E-state index in [4.69, 9.17) is 5.84 Å². The van der Waals surface area contributed by atoms with E-state index in [9.17, 15) is 0 Å². The van der Waals surface area contributed by atoms with Crippen LogP contribution in [0.25, 0.3) is 0 Å². The molecule has 0 aliphatic rings. The van der Waals surface area contributed by atoms with Crippen LogP contribution in [0.3, 0.4) is 0 Å². The summed E-state index contributed by atoms with van der Waals surface area (Å²) < 4.78 is 0. The lowest BCUT2D eigenvalue weighted by atomic mass is 10.0.